The van der Waals surface area contributed by atoms with Crippen molar-refractivity contribution in [2.24, 2.45) is 0 Å². The average molecular weight is 419 g/mol. The van der Waals surface area contributed by atoms with E-state index in [9.17, 15) is 9.50 Å². The number of benzene rings is 2. The van der Waals surface area contributed by atoms with Gasteiger partial charge >= 0.3 is 0 Å². The average Bonchev–Trinajstić information content (AvgIpc) is 2.75. The predicted octanol–water partition coefficient (Wildman–Crippen LogP) is 2.54. The fourth-order valence-corrected chi connectivity index (χ4v) is 3.57. The molecule has 1 saturated heterocycles. The molecular weight excluding hydrogens is 387 g/mol. The molecule has 0 spiro atoms. The second-order valence-corrected chi connectivity index (χ2v) is 7.63. The molecule has 2 aromatic rings. The zero-order valence-corrected chi connectivity index (χ0v) is 17.7. The van der Waals surface area contributed by atoms with E-state index >= 15 is 0 Å². The van der Waals surface area contributed by atoms with E-state index in [4.69, 9.17) is 14.2 Å². The molecule has 1 aliphatic rings. The number of hydrogen-bond acceptors (Lipinski definition) is 6. The van der Waals surface area contributed by atoms with Gasteiger partial charge in [-0.1, -0.05) is 24.3 Å². The van der Waals surface area contributed by atoms with Crippen molar-refractivity contribution in [3.8, 4) is 11.5 Å². The third kappa shape index (κ3) is 6.67. The molecule has 0 unspecified atom stereocenters. The first-order chi connectivity index (χ1) is 14.5. The Hall–Kier alpha value is -2.19. The number of hydrogen-bond donors (Lipinski definition) is 1. The molecule has 1 heterocycles. The number of nitrogens with zero attached hydrogens (tertiary/aromatic N) is 2. The van der Waals surface area contributed by atoms with Crippen molar-refractivity contribution in [1.82, 2.24) is 9.80 Å². The zero-order valence-electron chi connectivity index (χ0n) is 17.7. The third-order valence-electron chi connectivity index (χ3n) is 5.08. The van der Waals surface area contributed by atoms with Crippen LogP contribution in [0.3, 0.4) is 0 Å². The lowest BCUT2D eigenvalue weighted by Gasteiger charge is -2.28. The van der Waals surface area contributed by atoms with Gasteiger partial charge in [0.25, 0.3) is 0 Å². The number of ether oxygens (including phenoxy) is 3. The summed E-state index contributed by atoms with van der Waals surface area (Å²) < 4.78 is 30.0. The van der Waals surface area contributed by atoms with Crippen LogP contribution in [-0.2, 0) is 17.8 Å². The Kier molecular flexibility index (Phi) is 8.45. The van der Waals surface area contributed by atoms with Gasteiger partial charge in [-0.05, 0) is 30.8 Å². The summed E-state index contributed by atoms with van der Waals surface area (Å²) in [6.45, 7) is 5.09. The number of aliphatic hydroxyl groups is 1. The van der Waals surface area contributed by atoms with Crippen molar-refractivity contribution in [1.29, 1.82) is 0 Å². The predicted molar refractivity (Wildman–Crippen MR) is 113 cm³/mol. The second-order valence-electron chi connectivity index (χ2n) is 7.63. The summed E-state index contributed by atoms with van der Waals surface area (Å²) in [6, 6.07) is 12.3. The Balaban J connectivity index is 1.61. The van der Waals surface area contributed by atoms with Crippen LogP contribution in [0.25, 0.3) is 0 Å². The largest absolute Gasteiger partial charge is 0.493 e. The van der Waals surface area contributed by atoms with Crippen molar-refractivity contribution in [3.63, 3.8) is 0 Å². The van der Waals surface area contributed by atoms with Gasteiger partial charge in [-0.25, -0.2) is 4.39 Å². The summed E-state index contributed by atoms with van der Waals surface area (Å²) in [5, 5.41) is 10.4. The highest BCUT2D eigenvalue weighted by molar-refractivity contribution is 5.46. The Bertz CT molecular complexity index is 781. The number of β-amino-alcohol motifs (C(OH)–C–C–N with tert-alkyl or cyclic N) is 1. The summed E-state index contributed by atoms with van der Waals surface area (Å²) in [5.41, 5.74) is 2.00. The molecule has 2 aromatic carbocycles. The minimum absolute atomic E-state index is 0.187. The van der Waals surface area contributed by atoms with E-state index < -0.39 is 6.10 Å². The van der Waals surface area contributed by atoms with Gasteiger partial charge in [-0.2, -0.15) is 0 Å². The first-order valence-electron chi connectivity index (χ1n) is 10.2. The molecule has 0 aromatic heterocycles. The molecule has 0 saturated carbocycles. The molecule has 7 heteroatoms. The molecule has 1 atom stereocenters. The van der Waals surface area contributed by atoms with E-state index in [0.717, 1.165) is 24.2 Å². The number of aliphatic hydroxyl groups excluding tert-OH is 1. The van der Waals surface area contributed by atoms with Crippen molar-refractivity contribution < 1.29 is 23.7 Å². The maximum Gasteiger partial charge on any atom is 0.165 e. The standard InChI is InChI=1S/C23H31FN2O4/c1-25(14-18-6-8-20(24)9-7-18)15-19-4-3-5-22(28-2)23(19)30-17-21(27)16-26-10-12-29-13-11-26/h3-9,21,27H,10-17H2,1-2H3/t21-/m0/s1. The van der Waals surface area contributed by atoms with E-state index in [1.54, 1.807) is 19.2 Å². The number of para-hydroxylation sites is 1. The van der Waals surface area contributed by atoms with Crippen LogP contribution in [0, 0.1) is 5.82 Å². The monoisotopic (exact) mass is 418 g/mol. The fourth-order valence-electron chi connectivity index (χ4n) is 3.57. The highest BCUT2D eigenvalue weighted by Crippen LogP contribution is 2.32. The molecule has 0 bridgehead atoms. The Morgan fingerprint density at radius 2 is 1.87 bits per heavy atom. The minimum Gasteiger partial charge on any atom is -0.493 e. The summed E-state index contributed by atoms with van der Waals surface area (Å²) >= 11 is 0. The fraction of sp³-hybridized carbons (Fsp3) is 0.478. The molecule has 30 heavy (non-hydrogen) atoms. The highest BCUT2D eigenvalue weighted by atomic mass is 19.1. The van der Waals surface area contributed by atoms with E-state index in [2.05, 4.69) is 9.80 Å². The lowest BCUT2D eigenvalue weighted by atomic mass is 10.1. The van der Waals surface area contributed by atoms with Crippen molar-refractivity contribution in [2.75, 3.05) is 53.6 Å². The molecule has 0 radical (unpaired) electrons. The Labute approximate surface area is 177 Å². The molecule has 1 fully saturated rings. The van der Waals surface area contributed by atoms with Gasteiger partial charge in [0.1, 0.15) is 18.5 Å². The van der Waals surface area contributed by atoms with Crippen LogP contribution in [0.2, 0.25) is 0 Å². The van der Waals surface area contributed by atoms with Crippen LogP contribution in [0.5, 0.6) is 11.5 Å². The van der Waals surface area contributed by atoms with E-state index in [1.165, 1.54) is 12.1 Å². The molecule has 1 aliphatic heterocycles. The maximum absolute atomic E-state index is 13.1. The minimum atomic E-state index is -0.599. The van der Waals surface area contributed by atoms with Gasteiger partial charge in [-0.3, -0.25) is 9.80 Å². The number of halogens is 1. The van der Waals surface area contributed by atoms with E-state index in [1.807, 2.05) is 25.2 Å². The van der Waals surface area contributed by atoms with Gasteiger partial charge in [0, 0.05) is 38.3 Å². The van der Waals surface area contributed by atoms with Gasteiger partial charge < -0.3 is 19.3 Å². The van der Waals surface area contributed by atoms with Crippen LogP contribution >= 0.6 is 0 Å². The molecule has 1 N–H and O–H groups in total. The van der Waals surface area contributed by atoms with Gasteiger partial charge in [-0.15, -0.1) is 0 Å². The third-order valence-corrected chi connectivity index (χ3v) is 5.08. The topological polar surface area (TPSA) is 54.4 Å². The van der Waals surface area contributed by atoms with Crippen molar-refractivity contribution in [3.05, 3.63) is 59.4 Å². The SMILES string of the molecule is COc1cccc(CN(C)Cc2ccc(F)cc2)c1OC[C@@H](O)CN1CCOCC1. The number of rotatable bonds is 10. The first kappa shape index (κ1) is 22.5. The summed E-state index contributed by atoms with van der Waals surface area (Å²) in [7, 11) is 3.61. The zero-order chi connectivity index (χ0) is 21.3. The molecule has 164 valence electrons. The van der Waals surface area contributed by atoms with Gasteiger partial charge in [0.15, 0.2) is 11.5 Å². The van der Waals surface area contributed by atoms with Crippen molar-refractivity contribution in [2.45, 2.75) is 19.2 Å². The molecule has 0 amide bonds. The second kappa shape index (κ2) is 11.3. The smallest absolute Gasteiger partial charge is 0.165 e. The first-order valence-corrected chi connectivity index (χ1v) is 10.2. The molecule has 3 rings (SSSR count). The van der Waals surface area contributed by atoms with Crippen LogP contribution in [0.1, 0.15) is 11.1 Å². The quantitative estimate of drug-likeness (QED) is 0.640. The summed E-state index contributed by atoms with van der Waals surface area (Å²) in [6.07, 6.45) is -0.599. The number of methoxy groups -OCH3 is 1. The van der Waals surface area contributed by atoms with E-state index in [0.29, 0.717) is 44.3 Å². The van der Waals surface area contributed by atoms with Gasteiger partial charge in [0.2, 0.25) is 0 Å². The molecular formula is C23H31FN2O4. The summed E-state index contributed by atoms with van der Waals surface area (Å²) in [4.78, 5) is 4.30. The lowest BCUT2D eigenvalue weighted by Crippen LogP contribution is -2.42. The summed E-state index contributed by atoms with van der Waals surface area (Å²) in [5.74, 6) is 1.05. The number of morpholine rings is 1. The van der Waals surface area contributed by atoms with Crippen LogP contribution in [0.4, 0.5) is 4.39 Å². The lowest BCUT2D eigenvalue weighted by molar-refractivity contribution is 0.00431. The normalized spacial score (nSPS) is 15.9. The Morgan fingerprint density at radius 3 is 2.57 bits per heavy atom. The molecule has 0 aliphatic carbocycles. The van der Waals surface area contributed by atoms with Crippen LogP contribution in [-0.4, -0.2) is 74.6 Å². The van der Waals surface area contributed by atoms with Gasteiger partial charge in [0.05, 0.1) is 20.3 Å². The molecule has 6 nitrogen and oxygen atoms in total. The Morgan fingerprint density at radius 1 is 1.13 bits per heavy atom. The highest BCUT2D eigenvalue weighted by Gasteiger charge is 2.18. The maximum atomic E-state index is 13.1. The van der Waals surface area contributed by atoms with Crippen LogP contribution < -0.4 is 9.47 Å². The van der Waals surface area contributed by atoms with E-state index in [-0.39, 0.29) is 12.4 Å². The van der Waals surface area contributed by atoms with Crippen molar-refractivity contribution >= 4 is 0 Å². The van der Waals surface area contributed by atoms with Crippen LogP contribution in [0.15, 0.2) is 42.5 Å².